The van der Waals surface area contributed by atoms with E-state index in [0.717, 1.165) is 66.1 Å². The molecule has 0 atom stereocenters. The zero-order valence-electron chi connectivity index (χ0n) is 31.4. The average molecular weight is 739 g/mol. The Bertz CT molecular complexity index is 3380. The Balaban J connectivity index is 1.18. The molecular formula is C56H34O2. The molecule has 2 aromatic heterocycles. The molecule has 0 saturated carbocycles. The van der Waals surface area contributed by atoms with E-state index in [0.29, 0.717) is 0 Å². The van der Waals surface area contributed by atoms with Crippen LogP contribution in [0.4, 0.5) is 0 Å². The van der Waals surface area contributed by atoms with Crippen molar-refractivity contribution in [2.75, 3.05) is 0 Å². The summed E-state index contributed by atoms with van der Waals surface area (Å²) in [4.78, 5) is 0. The molecule has 0 fully saturated rings. The topological polar surface area (TPSA) is 26.3 Å². The van der Waals surface area contributed by atoms with Crippen LogP contribution in [0.1, 0.15) is 0 Å². The molecule has 10 aromatic carbocycles. The van der Waals surface area contributed by atoms with Gasteiger partial charge in [0.25, 0.3) is 0 Å². The predicted octanol–water partition coefficient (Wildman–Crippen LogP) is 16.1. The smallest absolute Gasteiger partial charge is 0.136 e. The molecule has 2 heteroatoms. The molecule has 12 aromatic rings. The summed E-state index contributed by atoms with van der Waals surface area (Å²) in [5.41, 5.74) is 15.3. The van der Waals surface area contributed by atoms with Crippen molar-refractivity contribution < 1.29 is 8.83 Å². The predicted molar refractivity (Wildman–Crippen MR) is 243 cm³/mol. The van der Waals surface area contributed by atoms with Gasteiger partial charge in [0.2, 0.25) is 0 Å². The number of hydrogen-bond acceptors (Lipinski definition) is 2. The fourth-order valence-corrected chi connectivity index (χ4v) is 9.18. The monoisotopic (exact) mass is 738 g/mol. The molecule has 0 bridgehead atoms. The minimum absolute atomic E-state index is 0.887. The van der Waals surface area contributed by atoms with Crippen molar-refractivity contribution in [2.45, 2.75) is 0 Å². The second-order valence-electron chi connectivity index (χ2n) is 15.2. The molecule has 12 rings (SSSR count). The Kier molecular flexibility index (Phi) is 7.26. The Morgan fingerprint density at radius 2 is 0.672 bits per heavy atom. The molecule has 0 amide bonds. The molecule has 270 valence electrons. The first-order valence-corrected chi connectivity index (χ1v) is 19.8. The maximum atomic E-state index is 6.43. The minimum Gasteiger partial charge on any atom is -0.456 e. The average Bonchev–Trinajstić information content (AvgIpc) is 3.86. The first-order valence-electron chi connectivity index (χ1n) is 19.8. The second-order valence-corrected chi connectivity index (χ2v) is 15.2. The van der Waals surface area contributed by atoms with Gasteiger partial charge in [-0.1, -0.05) is 158 Å². The van der Waals surface area contributed by atoms with Crippen LogP contribution in [-0.2, 0) is 0 Å². The third-order valence-electron chi connectivity index (χ3n) is 11.9. The fraction of sp³-hybridized carbons (Fsp3) is 0. The summed E-state index contributed by atoms with van der Waals surface area (Å²) >= 11 is 0. The van der Waals surface area contributed by atoms with E-state index in [1.807, 2.05) is 24.3 Å². The minimum atomic E-state index is 0.887. The molecule has 2 heterocycles. The maximum Gasteiger partial charge on any atom is 0.136 e. The highest BCUT2D eigenvalue weighted by Crippen LogP contribution is 2.47. The van der Waals surface area contributed by atoms with Gasteiger partial charge in [0.15, 0.2) is 0 Å². The summed E-state index contributed by atoms with van der Waals surface area (Å²) in [6.07, 6.45) is 0. The molecule has 0 saturated heterocycles. The SMILES string of the molecule is c1ccc(-c2ccc(-c3ccccc3)c(-c3c4cccc(-c5ccc6c(c5)oc5ccccc56)c4cc4c(-c5ccc6c(c5)oc5ccccc56)cccc34)c2)cc1. The Morgan fingerprint density at radius 1 is 0.207 bits per heavy atom. The van der Waals surface area contributed by atoms with E-state index in [1.165, 1.54) is 54.9 Å². The van der Waals surface area contributed by atoms with Crippen molar-refractivity contribution >= 4 is 65.4 Å². The van der Waals surface area contributed by atoms with E-state index in [-0.39, 0.29) is 0 Å². The Labute approximate surface area is 334 Å². The number of hydrogen-bond donors (Lipinski definition) is 0. The normalized spacial score (nSPS) is 11.8. The molecule has 58 heavy (non-hydrogen) atoms. The molecule has 0 aliphatic rings. The van der Waals surface area contributed by atoms with Crippen LogP contribution in [0.5, 0.6) is 0 Å². The third kappa shape index (κ3) is 5.12. The molecule has 0 spiro atoms. The Hall–Kier alpha value is -7.68. The van der Waals surface area contributed by atoms with E-state index >= 15 is 0 Å². The standard InChI is InChI=1S/C56H34O2/c1-3-13-35(14-4-1)37-25-28-42(36-15-5-2-6-16-36)51(31-37)56-47-21-11-19-40(38-26-29-45-43-17-7-9-23-52(43)57-54(45)32-38)49(47)34-50-41(20-12-22-48(50)56)39-27-30-46-44-18-8-10-24-53(44)58-55(46)33-39/h1-34H. The van der Waals surface area contributed by atoms with Crippen molar-refractivity contribution in [3.05, 3.63) is 206 Å². The number of rotatable bonds is 5. The summed E-state index contributed by atoms with van der Waals surface area (Å²) in [5, 5.41) is 9.27. The van der Waals surface area contributed by atoms with Gasteiger partial charge >= 0.3 is 0 Å². The fourth-order valence-electron chi connectivity index (χ4n) is 9.18. The van der Waals surface area contributed by atoms with Crippen molar-refractivity contribution in [3.8, 4) is 55.6 Å². The molecule has 0 unspecified atom stereocenters. The lowest BCUT2D eigenvalue weighted by Crippen LogP contribution is -1.93. The van der Waals surface area contributed by atoms with Gasteiger partial charge in [-0.2, -0.15) is 0 Å². The van der Waals surface area contributed by atoms with Crippen LogP contribution in [0.15, 0.2) is 215 Å². The highest BCUT2D eigenvalue weighted by atomic mass is 16.3. The summed E-state index contributed by atoms with van der Waals surface area (Å²) < 4.78 is 12.9. The lowest BCUT2D eigenvalue weighted by molar-refractivity contribution is 0.668. The molecule has 2 nitrogen and oxygen atoms in total. The van der Waals surface area contributed by atoms with Crippen molar-refractivity contribution in [2.24, 2.45) is 0 Å². The quantitative estimate of drug-likeness (QED) is 0.164. The largest absolute Gasteiger partial charge is 0.456 e. The van der Waals surface area contributed by atoms with Gasteiger partial charge in [0.05, 0.1) is 0 Å². The van der Waals surface area contributed by atoms with Crippen LogP contribution in [0.25, 0.3) is 121 Å². The van der Waals surface area contributed by atoms with Crippen LogP contribution in [0.3, 0.4) is 0 Å². The summed E-state index contributed by atoms with van der Waals surface area (Å²) in [6, 6.07) is 74.3. The van der Waals surface area contributed by atoms with Crippen LogP contribution in [0, 0.1) is 0 Å². The molecule has 0 radical (unpaired) electrons. The van der Waals surface area contributed by atoms with Crippen molar-refractivity contribution in [3.63, 3.8) is 0 Å². The lowest BCUT2D eigenvalue weighted by Gasteiger charge is -2.20. The van der Waals surface area contributed by atoms with Crippen molar-refractivity contribution in [1.82, 2.24) is 0 Å². The zero-order valence-corrected chi connectivity index (χ0v) is 31.4. The van der Waals surface area contributed by atoms with Gasteiger partial charge in [-0.05, 0) is 126 Å². The highest BCUT2D eigenvalue weighted by Gasteiger charge is 2.20. The number of furan rings is 2. The van der Waals surface area contributed by atoms with Gasteiger partial charge in [0.1, 0.15) is 22.3 Å². The number of benzene rings is 10. The van der Waals surface area contributed by atoms with Gasteiger partial charge in [0, 0.05) is 21.5 Å². The van der Waals surface area contributed by atoms with E-state index in [4.69, 9.17) is 8.83 Å². The van der Waals surface area contributed by atoms with Crippen LogP contribution in [0.2, 0.25) is 0 Å². The molecule has 0 N–H and O–H groups in total. The molecular weight excluding hydrogens is 705 g/mol. The number of para-hydroxylation sites is 2. The molecule has 0 aliphatic heterocycles. The van der Waals surface area contributed by atoms with Gasteiger partial charge in [-0.15, -0.1) is 0 Å². The van der Waals surface area contributed by atoms with Crippen LogP contribution >= 0.6 is 0 Å². The highest BCUT2D eigenvalue weighted by molar-refractivity contribution is 6.21. The Morgan fingerprint density at radius 3 is 1.24 bits per heavy atom. The zero-order chi connectivity index (χ0) is 38.2. The summed E-state index contributed by atoms with van der Waals surface area (Å²) in [6.45, 7) is 0. The van der Waals surface area contributed by atoms with Gasteiger partial charge < -0.3 is 8.83 Å². The maximum absolute atomic E-state index is 6.43. The van der Waals surface area contributed by atoms with E-state index in [1.54, 1.807) is 0 Å². The number of fused-ring (bicyclic) bond motifs is 8. The van der Waals surface area contributed by atoms with Gasteiger partial charge in [-0.3, -0.25) is 0 Å². The van der Waals surface area contributed by atoms with Crippen LogP contribution in [-0.4, -0.2) is 0 Å². The van der Waals surface area contributed by atoms with Crippen molar-refractivity contribution in [1.29, 1.82) is 0 Å². The lowest BCUT2D eigenvalue weighted by atomic mass is 9.83. The first kappa shape index (κ1) is 32.6. The van der Waals surface area contributed by atoms with E-state index in [2.05, 4.69) is 182 Å². The second kappa shape index (κ2) is 12.9. The summed E-state index contributed by atoms with van der Waals surface area (Å²) in [7, 11) is 0. The van der Waals surface area contributed by atoms with Gasteiger partial charge in [-0.25, -0.2) is 0 Å². The van der Waals surface area contributed by atoms with E-state index < -0.39 is 0 Å². The summed E-state index contributed by atoms with van der Waals surface area (Å²) in [5.74, 6) is 0. The van der Waals surface area contributed by atoms with E-state index in [9.17, 15) is 0 Å². The first-order chi connectivity index (χ1) is 28.7. The van der Waals surface area contributed by atoms with Crippen LogP contribution < -0.4 is 0 Å². The third-order valence-corrected chi connectivity index (χ3v) is 11.9. The molecule has 0 aliphatic carbocycles.